The lowest BCUT2D eigenvalue weighted by molar-refractivity contribution is 0.0707. The number of aromatic nitrogens is 1. The molecule has 1 aliphatic carbocycles. The number of pyridine rings is 1. The zero-order chi connectivity index (χ0) is 13.1. The minimum atomic E-state index is -0.0498. The molecule has 0 spiro atoms. The second kappa shape index (κ2) is 5.57. The van der Waals surface area contributed by atoms with Crippen LogP contribution in [0.1, 0.15) is 36.5 Å². The second-order valence-electron chi connectivity index (χ2n) is 4.73. The normalized spacial score (nSPS) is 15.2. The number of anilines is 1. The molecule has 1 aliphatic rings. The van der Waals surface area contributed by atoms with Crippen LogP contribution in [0.3, 0.4) is 0 Å². The lowest BCUT2D eigenvalue weighted by atomic mass is 9.85. The van der Waals surface area contributed by atoms with Gasteiger partial charge in [-0.2, -0.15) is 0 Å². The molecule has 1 aromatic heterocycles. The maximum Gasteiger partial charge on any atom is 0.256 e. The van der Waals surface area contributed by atoms with Crippen LogP contribution < -0.4 is 5.73 Å². The van der Waals surface area contributed by atoms with Crippen molar-refractivity contribution in [1.29, 1.82) is 0 Å². The highest BCUT2D eigenvalue weighted by atomic mass is 35.5. The van der Waals surface area contributed by atoms with Gasteiger partial charge in [0.05, 0.1) is 17.4 Å². The predicted molar refractivity (Wildman–Crippen MR) is 72.6 cm³/mol. The van der Waals surface area contributed by atoms with Crippen molar-refractivity contribution in [2.24, 2.45) is 5.92 Å². The van der Waals surface area contributed by atoms with Gasteiger partial charge in [-0.3, -0.25) is 4.79 Å². The van der Waals surface area contributed by atoms with Gasteiger partial charge in [-0.25, -0.2) is 4.98 Å². The Morgan fingerprint density at radius 1 is 1.61 bits per heavy atom. The molecule has 18 heavy (non-hydrogen) atoms. The van der Waals surface area contributed by atoms with Crippen LogP contribution in [0.25, 0.3) is 0 Å². The zero-order valence-corrected chi connectivity index (χ0v) is 11.3. The fourth-order valence-corrected chi connectivity index (χ4v) is 2.30. The molecule has 1 heterocycles. The Kier molecular flexibility index (Phi) is 4.07. The van der Waals surface area contributed by atoms with E-state index in [1.54, 1.807) is 6.07 Å². The van der Waals surface area contributed by atoms with E-state index in [4.69, 9.17) is 17.3 Å². The largest absolute Gasteiger partial charge is 0.397 e. The van der Waals surface area contributed by atoms with Gasteiger partial charge in [-0.05, 0) is 31.7 Å². The third-order valence-corrected chi connectivity index (χ3v) is 3.71. The number of hydrogen-bond donors (Lipinski definition) is 1. The Morgan fingerprint density at radius 2 is 2.33 bits per heavy atom. The maximum absolute atomic E-state index is 12.4. The number of nitrogens with two attached hydrogens (primary N) is 1. The third-order valence-electron chi connectivity index (χ3n) is 3.50. The molecule has 0 radical (unpaired) electrons. The number of nitrogen functional groups attached to an aromatic ring is 1. The predicted octanol–water partition coefficient (Wildman–Crippen LogP) is 2.58. The van der Waals surface area contributed by atoms with Crippen molar-refractivity contribution in [3.63, 3.8) is 0 Å². The molecule has 98 valence electrons. The van der Waals surface area contributed by atoms with Gasteiger partial charge >= 0.3 is 0 Å². The Balaban J connectivity index is 2.14. The molecule has 2 N–H and O–H groups in total. The first-order valence-corrected chi connectivity index (χ1v) is 6.70. The quantitative estimate of drug-likeness (QED) is 0.853. The first-order valence-electron chi connectivity index (χ1n) is 6.32. The van der Waals surface area contributed by atoms with E-state index < -0.39 is 0 Å². The summed E-state index contributed by atoms with van der Waals surface area (Å²) in [5.74, 6) is 0.596. The van der Waals surface area contributed by atoms with Crippen LogP contribution in [-0.4, -0.2) is 28.9 Å². The standard InChI is InChI=1S/C13H18ClN3O/c1-2-17(8-9-4-3-5-9)13(18)10-6-12(14)16-7-11(10)15/h6-7,9H,2-5,8,15H2,1H3. The van der Waals surface area contributed by atoms with Gasteiger partial charge in [0.15, 0.2) is 0 Å². The highest BCUT2D eigenvalue weighted by Gasteiger charge is 2.24. The van der Waals surface area contributed by atoms with E-state index in [-0.39, 0.29) is 5.91 Å². The van der Waals surface area contributed by atoms with Crippen molar-refractivity contribution in [3.05, 3.63) is 23.0 Å². The van der Waals surface area contributed by atoms with E-state index in [1.807, 2.05) is 11.8 Å². The molecule has 0 aliphatic heterocycles. The van der Waals surface area contributed by atoms with Crippen molar-refractivity contribution in [3.8, 4) is 0 Å². The highest BCUT2D eigenvalue weighted by Crippen LogP contribution is 2.28. The van der Waals surface area contributed by atoms with Crippen LogP contribution in [0.4, 0.5) is 5.69 Å². The Morgan fingerprint density at radius 3 is 2.89 bits per heavy atom. The topological polar surface area (TPSA) is 59.2 Å². The summed E-state index contributed by atoms with van der Waals surface area (Å²) in [6.07, 6.45) is 5.15. The SMILES string of the molecule is CCN(CC1CCC1)C(=O)c1cc(Cl)ncc1N. The average molecular weight is 268 g/mol. The summed E-state index contributed by atoms with van der Waals surface area (Å²) < 4.78 is 0. The number of halogens is 1. The monoisotopic (exact) mass is 267 g/mol. The van der Waals surface area contributed by atoms with Gasteiger partial charge < -0.3 is 10.6 Å². The van der Waals surface area contributed by atoms with Crippen molar-refractivity contribution in [1.82, 2.24) is 9.88 Å². The summed E-state index contributed by atoms with van der Waals surface area (Å²) in [7, 11) is 0. The summed E-state index contributed by atoms with van der Waals surface area (Å²) in [5, 5.41) is 0.298. The summed E-state index contributed by atoms with van der Waals surface area (Å²) >= 11 is 5.82. The number of rotatable bonds is 4. The van der Waals surface area contributed by atoms with Crippen LogP contribution in [0.15, 0.2) is 12.3 Å². The van der Waals surface area contributed by atoms with E-state index in [2.05, 4.69) is 4.98 Å². The van der Waals surface area contributed by atoms with Crippen molar-refractivity contribution in [2.75, 3.05) is 18.8 Å². The second-order valence-corrected chi connectivity index (χ2v) is 5.12. The summed E-state index contributed by atoms with van der Waals surface area (Å²) in [6.45, 7) is 3.49. The highest BCUT2D eigenvalue weighted by molar-refractivity contribution is 6.29. The van der Waals surface area contributed by atoms with Crippen LogP contribution >= 0.6 is 11.6 Å². The first-order chi connectivity index (χ1) is 8.61. The van der Waals surface area contributed by atoms with Gasteiger partial charge in [-0.1, -0.05) is 18.0 Å². The molecule has 1 amide bonds. The molecule has 1 fully saturated rings. The number of carbonyl (C=O) groups excluding carboxylic acids is 1. The van der Waals surface area contributed by atoms with Gasteiger partial charge in [0, 0.05) is 13.1 Å². The average Bonchev–Trinajstić information content (AvgIpc) is 2.30. The molecule has 4 nitrogen and oxygen atoms in total. The van der Waals surface area contributed by atoms with Crippen LogP contribution in [0.2, 0.25) is 5.15 Å². The van der Waals surface area contributed by atoms with E-state index in [0.29, 0.717) is 28.9 Å². The fraction of sp³-hybridized carbons (Fsp3) is 0.538. The maximum atomic E-state index is 12.4. The number of amides is 1. The number of nitrogens with zero attached hydrogens (tertiary/aromatic N) is 2. The third kappa shape index (κ3) is 2.75. The molecule has 0 atom stereocenters. The molecular formula is C13H18ClN3O. The minimum absolute atomic E-state index is 0.0498. The van der Waals surface area contributed by atoms with Gasteiger partial charge in [-0.15, -0.1) is 0 Å². The summed E-state index contributed by atoms with van der Waals surface area (Å²) in [6, 6.07) is 1.54. The van der Waals surface area contributed by atoms with Crippen LogP contribution in [0, 0.1) is 5.92 Å². The van der Waals surface area contributed by atoms with Gasteiger partial charge in [0.1, 0.15) is 5.15 Å². The van der Waals surface area contributed by atoms with E-state index >= 15 is 0 Å². The van der Waals surface area contributed by atoms with Crippen molar-refractivity contribution in [2.45, 2.75) is 26.2 Å². The van der Waals surface area contributed by atoms with Crippen molar-refractivity contribution >= 4 is 23.2 Å². The molecular weight excluding hydrogens is 250 g/mol. The Hall–Kier alpha value is -1.29. The van der Waals surface area contributed by atoms with Gasteiger partial charge in [0.25, 0.3) is 5.91 Å². The molecule has 5 heteroatoms. The molecule has 0 aromatic carbocycles. The van der Waals surface area contributed by atoms with Crippen molar-refractivity contribution < 1.29 is 4.79 Å². The molecule has 1 saturated carbocycles. The first kappa shape index (κ1) is 13.1. The molecule has 0 unspecified atom stereocenters. The lowest BCUT2D eigenvalue weighted by Gasteiger charge is -2.32. The number of carbonyl (C=O) groups is 1. The molecule has 2 rings (SSSR count). The molecule has 1 aromatic rings. The zero-order valence-electron chi connectivity index (χ0n) is 10.5. The van der Waals surface area contributed by atoms with E-state index in [1.165, 1.54) is 25.5 Å². The van der Waals surface area contributed by atoms with E-state index in [9.17, 15) is 4.79 Å². The molecule has 0 bridgehead atoms. The smallest absolute Gasteiger partial charge is 0.256 e. The molecule has 0 saturated heterocycles. The minimum Gasteiger partial charge on any atom is -0.397 e. The lowest BCUT2D eigenvalue weighted by Crippen LogP contribution is -2.37. The number of hydrogen-bond acceptors (Lipinski definition) is 3. The van der Waals surface area contributed by atoms with E-state index in [0.717, 1.165) is 6.54 Å². The van der Waals surface area contributed by atoms with Crippen LogP contribution in [-0.2, 0) is 0 Å². The Bertz CT molecular complexity index is 446. The summed E-state index contributed by atoms with van der Waals surface area (Å²) in [4.78, 5) is 18.1. The fourth-order valence-electron chi connectivity index (χ4n) is 2.14. The van der Waals surface area contributed by atoms with Crippen LogP contribution in [0.5, 0.6) is 0 Å². The summed E-state index contributed by atoms with van der Waals surface area (Å²) in [5.41, 5.74) is 6.63. The van der Waals surface area contributed by atoms with Gasteiger partial charge in [0.2, 0.25) is 0 Å². The Labute approximate surface area is 112 Å².